The number of piperidine rings is 1. The largest absolute Gasteiger partial charge is 0.382 e. The molecule has 1 aliphatic heterocycles. The number of H-pyrrole nitrogens is 1. The number of pyridine rings is 1. The van der Waals surface area contributed by atoms with Gasteiger partial charge in [-0.05, 0) is 37.0 Å². The summed E-state index contributed by atoms with van der Waals surface area (Å²) in [5.41, 5.74) is 1.98. The number of aliphatic hydroxyl groups is 1. The van der Waals surface area contributed by atoms with E-state index in [2.05, 4.69) is 15.1 Å². The fourth-order valence-corrected chi connectivity index (χ4v) is 3.45. The molecule has 1 aliphatic rings. The topological polar surface area (TPSA) is 95.2 Å². The number of rotatable bonds is 3. The van der Waals surface area contributed by atoms with Gasteiger partial charge in [0.1, 0.15) is 5.60 Å². The Labute approximate surface area is 151 Å². The fraction of sp³-hybridized carbons (Fsp3) is 0.421. The van der Waals surface area contributed by atoms with E-state index in [0.717, 1.165) is 16.7 Å². The van der Waals surface area contributed by atoms with Gasteiger partial charge in [0.25, 0.3) is 5.91 Å². The molecule has 136 valence electrons. The maximum absolute atomic E-state index is 12.8. The van der Waals surface area contributed by atoms with Gasteiger partial charge in [-0.3, -0.25) is 9.78 Å². The van der Waals surface area contributed by atoms with E-state index in [0.29, 0.717) is 25.1 Å². The van der Waals surface area contributed by atoms with E-state index in [1.807, 2.05) is 32.0 Å². The predicted molar refractivity (Wildman–Crippen MR) is 95.7 cm³/mol. The number of β-amino-alcohol motifs (C(OH)–C–C–N with tert-alkyl or cyclic N) is 1. The van der Waals surface area contributed by atoms with Crippen molar-refractivity contribution in [3.05, 3.63) is 47.6 Å². The minimum absolute atomic E-state index is 0.192. The minimum Gasteiger partial charge on any atom is -0.382 e. The number of nitrogens with zero attached hydrogens (tertiary/aromatic N) is 3. The number of hydrogen-bond donors (Lipinski definition) is 2. The van der Waals surface area contributed by atoms with E-state index in [9.17, 15) is 9.90 Å². The van der Waals surface area contributed by atoms with E-state index in [4.69, 9.17) is 4.52 Å². The Bertz CT molecular complexity index is 912. The summed E-state index contributed by atoms with van der Waals surface area (Å²) in [6.07, 6.45) is 3.00. The standard InChI is InChI=1S/C19H22N4O3/c1-12(2)14-9-16(26-22-14)18(24)23-8-4-6-19(25,11-23)17-10-15-13(21-17)5-3-7-20-15/h3,5,7,9-10,12,21,25H,4,6,8,11H2,1-2H3. The molecule has 3 aromatic heterocycles. The van der Waals surface area contributed by atoms with Crippen LogP contribution in [0.2, 0.25) is 0 Å². The molecule has 1 unspecified atom stereocenters. The molecule has 0 saturated carbocycles. The molecule has 4 heterocycles. The zero-order valence-electron chi connectivity index (χ0n) is 14.9. The molecule has 1 amide bonds. The summed E-state index contributed by atoms with van der Waals surface area (Å²) in [5, 5.41) is 15.2. The molecule has 3 aromatic rings. The summed E-state index contributed by atoms with van der Waals surface area (Å²) in [6, 6.07) is 7.31. The van der Waals surface area contributed by atoms with Crippen LogP contribution >= 0.6 is 0 Å². The number of nitrogens with one attached hydrogen (secondary N) is 1. The summed E-state index contributed by atoms with van der Waals surface area (Å²) < 4.78 is 5.22. The van der Waals surface area contributed by atoms with Crippen LogP contribution in [0, 0.1) is 0 Å². The van der Waals surface area contributed by atoms with E-state index >= 15 is 0 Å². The number of amides is 1. The third-order valence-corrected chi connectivity index (χ3v) is 4.98. The van der Waals surface area contributed by atoms with Gasteiger partial charge in [-0.1, -0.05) is 19.0 Å². The maximum atomic E-state index is 12.8. The maximum Gasteiger partial charge on any atom is 0.292 e. The van der Waals surface area contributed by atoms with Gasteiger partial charge in [0, 0.05) is 18.8 Å². The highest BCUT2D eigenvalue weighted by atomic mass is 16.5. The molecule has 0 aromatic carbocycles. The number of fused-ring (bicyclic) bond motifs is 1. The van der Waals surface area contributed by atoms with Crippen LogP contribution < -0.4 is 0 Å². The fourth-order valence-electron chi connectivity index (χ4n) is 3.45. The highest BCUT2D eigenvalue weighted by Gasteiger charge is 2.39. The quantitative estimate of drug-likeness (QED) is 0.754. The second-order valence-electron chi connectivity index (χ2n) is 7.25. The molecule has 26 heavy (non-hydrogen) atoms. The zero-order valence-corrected chi connectivity index (χ0v) is 14.9. The summed E-state index contributed by atoms with van der Waals surface area (Å²) in [7, 11) is 0. The van der Waals surface area contributed by atoms with Crippen molar-refractivity contribution in [3.63, 3.8) is 0 Å². The van der Waals surface area contributed by atoms with Crippen LogP contribution in [0.1, 0.15) is 54.5 Å². The Morgan fingerprint density at radius 1 is 1.42 bits per heavy atom. The van der Waals surface area contributed by atoms with E-state index in [1.54, 1.807) is 17.2 Å². The van der Waals surface area contributed by atoms with Crippen LogP contribution in [0.25, 0.3) is 11.0 Å². The predicted octanol–water partition coefficient (Wildman–Crippen LogP) is 2.80. The lowest BCUT2D eigenvalue weighted by Gasteiger charge is -2.38. The summed E-state index contributed by atoms with van der Waals surface area (Å²) >= 11 is 0. The van der Waals surface area contributed by atoms with Crippen LogP contribution in [-0.4, -0.2) is 44.1 Å². The number of likely N-dealkylation sites (tertiary alicyclic amines) is 1. The van der Waals surface area contributed by atoms with Crippen LogP contribution in [0.3, 0.4) is 0 Å². The van der Waals surface area contributed by atoms with Gasteiger partial charge < -0.3 is 19.5 Å². The Morgan fingerprint density at radius 3 is 3.00 bits per heavy atom. The van der Waals surface area contributed by atoms with Gasteiger partial charge in [0.15, 0.2) is 0 Å². The molecule has 7 nitrogen and oxygen atoms in total. The van der Waals surface area contributed by atoms with Gasteiger partial charge in [-0.15, -0.1) is 0 Å². The number of hydrogen-bond acceptors (Lipinski definition) is 5. The van der Waals surface area contributed by atoms with Gasteiger partial charge in [-0.25, -0.2) is 0 Å². The third-order valence-electron chi connectivity index (χ3n) is 4.98. The number of carbonyl (C=O) groups excluding carboxylic acids is 1. The summed E-state index contributed by atoms with van der Waals surface area (Å²) in [5.74, 6) is 0.172. The van der Waals surface area contributed by atoms with Gasteiger partial charge in [0.05, 0.1) is 29.0 Å². The number of aromatic nitrogens is 3. The highest BCUT2D eigenvalue weighted by molar-refractivity contribution is 5.91. The Morgan fingerprint density at radius 2 is 2.27 bits per heavy atom. The van der Waals surface area contributed by atoms with Crippen molar-refractivity contribution >= 4 is 16.9 Å². The second kappa shape index (κ2) is 6.25. The molecular weight excluding hydrogens is 332 g/mol. The van der Waals surface area contributed by atoms with Gasteiger partial charge >= 0.3 is 0 Å². The van der Waals surface area contributed by atoms with Crippen LogP contribution in [0.15, 0.2) is 35.0 Å². The van der Waals surface area contributed by atoms with Crippen LogP contribution in [0.4, 0.5) is 0 Å². The molecule has 1 saturated heterocycles. The first kappa shape index (κ1) is 16.8. The second-order valence-corrected chi connectivity index (χ2v) is 7.25. The first-order chi connectivity index (χ1) is 12.5. The number of aromatic amines is 1. The normalized spacial score (nSPS) is 20.8. The zero-order chi connectivity index (χ0) is 18.3. The van der Waals surface area contributed by atoms with E-state index in [1.165, 1.54) is 0 Å². The lowest BCUT2D eigenvalue weighted by molar-refractivity contribution is -0.0324. The van der Waals surface area contributed by atoms with Crippen molar-refractivity contribution in [1.29, 1.82) is 0 Å². The first-order valence-electron chi connectivity index (χ1n) is 8.89. The molecule has 2 N–H and O–H groups in total. The van der Waals surface area contributed by atoms with E-state index in [-0.39, 0.29) is 24.1 Å². The van der Waals surface area contributed by atoms with E-state index < -0.39 is 5.60 Å². The average Bonchev–Trinajstić information content (AvgIpc) is 3.28. The SMILES string of the molecule is CC(C)c1cc(C(=O)N2CCCC(O)(c3cc4ncccc4[nH]3)C2)on1. The van der Waals surface area contributed by atoms with Crippen LogP contribution in [-0.2, 0) is 5.60 Å². The van der Waals surface area contributed by atoms with Crippen molar-refractivity contribution in [2.75, 3.05) is 13.1 Å². The Hall–Kier alpha value is -2.67. The molecule has 0 bridgehead atoms. The molecule has 4 rings (SSSR count). The third kappa shape index (κ3) is 2.88. The molecule has 0 spiro atoms. The summed E-state index contributed by atoms with van der Waals surface area (Å²) in [6.45, 7) is 4.78. The Kier molecular flexibility index (Phi) is 4.03. The average molecular weight is 354 g/mol. The number of carbonyl (C=O) groups is 1. The highest BCUT2D eigenvalue weighted by Crippen LogP contribution is 2.33. The van der Waals surface area contributed by atoms with Gasteiger partial charge in [-0.2, -0.15) is 0 Å². The van der Waals surface area contributed by atoms with Crippen molar-refractivity contribution in [1.82, 2.24) is 20.0 Å². The molecule has 1 fully saturated rings. The molecule has 1 atom stereocenters. The minimum atomic E-state index is -1.13. The lowest BCUT2D eigenvalue weighted by atomic mass is 9.89. The molecule has 0 aliphatic carbocycles. The van der Waals surface area contributed by atoms with Crippen molar-refractivity contribution in [2.45, 2.75) is 38.2 Å². The Balaban J connectivity index is 1.58. The molecule has 0 radical (unpaired) electrons. The van der Waals surface area contributed by atoms with Crippen molar-refractivity contribution in [2.24, 2.45) is 0 Å². The van der Waals surface area contributed by atoms with Crippen molar-refractivity contribution in [3.8, 4) is 0 Å². The van der Waals surface area contributed by atoms with Crippen LogP contribution in [0.5, 0.6) is 0 Å². The van der Waals surface area contributed by atoms with Gasteiger partial charge in [0.2, 0.25) is 5.76 Å². The first-order valence-corrected chi connectivity index (χ1v) is 8.89. The van der Waals surface area contributed by atoms with Crippen molar-refractivity contribution < 1.29 is 14.4 Å². The lowest BCUT2D eigenvalue weighted by Crippen LogP contribution is -2.48. The smallest absolute Gasteiger partial charge is 0.292 e. The molecule has 7 heteroatoms. The monoisotopic (exact) mass is 354 g/mol. The summed E-state index contributed by atoms with van der Waals surface area (Å²) in [4.78, 5) is 22.0. The molecular formula is C19H22N4O3.